The molecule has 2 aromatic rings. The highest BCUT2D eigenvalue weighted by atomic mass is 16.2. The Hall–Kier alpha value is -2.83. The smallest absolute Gasteiger partial charge is 0.325 e. The predicted octanol–water partition coefficient (Wildman–Crippen LogP) is 1.89. The van der Waals surface area contributed by atoms with E-state index in [0.717, 1.165) is 34.2 Å². The molecule has 2 saturated heterocycles. The lowest BCUT2D eigenvalue weighted by molar-refractivity contribution is -0.138. The quantitative estimate of drug-likeness (QED) is 0.808. The second-order valence-electron chi connectivity index (χ2n) is 7.58. The lowest BCUT2D eigenvalue weighted by Crippen LogP contribution is -2.46. The number of para-hydroxylation sites is 1. The molecule has 7 heteroatoms. The van der Waals surface area contributed by atoms with E-state index in [4.69, 9.17) is 0 Å². The van der Waals surface area contributed by atoms with E-state index in [1.165, 1.54) is 0 Å². The molecule has 0 spiro atoms. The minimum Gasteiger partial charge on any atom is -0.361 e. The maximum atomic E-state index is 12.7. The highest BCUT2D eigenvalue weighted by molar-refractivity contribution is 6.06. The zero-order valence-corrected chi connectivity index (χ0v) is 15.4. The zero-order chi connectivity index (χ0) is 19.0. The van der Waals surface area contributed by atoms with Gasteiger partial charge in [-0.3, -0.25) is 14.5 Å². The van der Waals surface area contributed by atoms with E-state index in [-0.39, 0.29) is 18.4 Å². The highest BCUT2D eigenvalue weighted by Crippen LogP contribution is 2.21. The van der Waals surface area contributed by atoms with Crippen LogP contribution in [-0.2, 0) is 16.0 Å². The molecule has 0 unspecified atom stereocenters. The maximum Gasteiger partial charge on any atom is 0.325 e. The first kappa shape index (κ1) is 17.6. The molecular formula is C20H24N4O3. The number of piperidine rings is 1. The summed E-state index contributed by atoms with van der Waals surface area (Å²) >= 11 is 0. The van der Waals surface area contributed by atoms with Crippen molar-refractivity contribution in [1.82, 2.24) is 20.1 Å². The summed E-state index contributed by atoms with van der Waals surface area (Å²) in [6.45, 7) is 3.33. The molecule has 2 atom stereocenters. The van der Waals surface area contributed by atoms with Crippen LogP contribution in [0.15, 0.2) is 30.5 Å². The number of aromatic nitrogens is 1. The Kier molecular flexibility index (Phi) is 4.59. The van der Waals surface area contributed by atoms with Gasteiger partial charge in [-0.1, -0.05) is 25.1 Å². The maximum absolute atomic E-state index is 12.7. The van der Waals surface area contributed by atoms with Gasteiger partial charge in [0.15, 0.2) is 0 Å². The second-order valence-corrected chi connectivity index (χ2v) is 7.58. The van der Waals surface area contributed by atoms with Crippen molar-refractivity contribution in [2.75, 3.05) is 19.6 Å². The van der Waals surface area contributed by atoms with Crippen molar-refractivity contribution >= 4 is 28.7 Å². The highest BCUT2D eigenvalue weighted by Gasteiger charge is 2.40. The van der Waals surface area contributed by atoms with E-state index in [0.29, 0.717) is 25.4 Å². The first-order chi connectivity index (χ1) is 13.0. The summed E-state index contributed by atoms with van der Waals surface area (Å²) in [7, 11) is 0. The van der Waals surface area contributed by atoms with Crippen LogP contribution in [0.1, 0.15) is 25.3 Å². The van der Waals surface area contributed by atoms with Crippen molar-refractivity contribution in [2.24, 2.45) is 5.92 Å². The van der Waals surface area contributed by atoms with Gasteiger partial charge in [0.25, 0.3) is 5.91 Å². The molecule has 2 aliphatic rings. The summed E-state index contributed by atoms with van der Waals surface area (Å²) in [5.41, 5.74) is 1.97. The molecule has 27 heavy (non-hydrogen) atoms. The molecule has 2 fully saturated rings. The van der Waals surface area contributed by atoms with Gasteiger partial charge < -0.3 is 15.2 Å². The Morgan fingerprint density at radius 2 is 2.07 bits per heavy atom. The molecule has 2 N–H and O–H groups in total. The average molecular weight is 368 g/mol. The van der Waals surface area contributed by atoms with E-state index in [2.05, 4.69) is 17.2 Å². The van der Waals surface area contributed by atoms with Gasteiger partial charge in [0.05, 0.1) is 0 Å². The van der Waals surface area contributed by atoms with Gasteiger partial charge in [0, 0.05) is 36.6 Å². The van der Waals surface area contributed by atoms with Crippen molar-refractivity contribution in [2.45, 2.75) is 32.2 Å². The Morgan fingerprint density at radius 3 is 2.89 bits per heavy atom. The van der Waals surface area contributed by atoms with Crippen LogP contribution in [0.2, 0.25) is 0 Å². The first-order valence-electron chi connectivity index (χ1n) is 9.47. The van der Waals surface area contributed by atoms with E-state index in [9.17, 15) is 14.4 Å². The number of carbonyl (C=O) groups is 3. The molecule has 4 amide bonds. The average Bonchev–Trinajstić information content (AvgIpc) is 3.18. The molecule has 0 bridgehead atoms. The summed E-state index contributed by atoms with van der Waals surface area (Å²) in [4.78, 5) is 43.5. The number of rotatable bonds is 4. The number of imide groups is 1. The number of benzene rings is 1. The van der Waals surface area contributed by atoms with Crippen molar-refractivity contribution in [1.29, 1.82) is 0 Å². The molecule has 3 heterocycles. The molecule has 1 aromatic carbocycles. The lowest BCUT2D eigenvalue weighted by atomic mass is 10.0. The number of aromatic amines is 1. The van der Waals surface area contributed by atoms with Crippen molar-refractivity contribution in [3.8, 4) is 0 Å². The molecule has 7 nitrogen and oxygen atoms in total. The summed E-state index contributed by atoms with van der Waals surface area (Å²) in [5.74, 6) is -0.0260. The predicted molar refractivity (Wildman–Crippen MR) is 101 cm³/mol. The fourth-order valence-corrected chi connectivity index (χ4v) is 4.04. The molecule has 0 radical (unpaired) electrons. The number of nitrogens with one attached hydrogen (secondary N) is 2. The molecule has 0 aliphatic carbocycles. The van der Waals surface area contributed by atoms with Crippen molar-refractivity contribution in [3.05, 3.63) is 36.0 Å². The van der Waals surface area contributed by atoms with Gasteiger partial charge in [-0.15, -0.1) is 0 Å². The van der Waals surface area contributed by atoms with Gasteiger partial charge >= 0.3 is 6.03 Å². The molecule has 4 rings (SSSR count). The number of amides is 4. The Morgan fingerprint density at radius 1 is 1.26 bits per heavy atom. The summed E-state index contributed by atoms with van der Waals surface area (Å²) < 4.78 is 0. The lowest BCUT2D eigenvalue weighted by Gasteiger charge is -2.31. The SMILES string of the molecule is C[C@@H]1CCCN(C(=O)CN2C(=O)N[C@H](Cc3c[nH]c4ccccc34)C2=O)C1. The van der Waals surface area contributed by atoms with Gasteiger partial charge in [-0.05, 0) is 30.4 Å². The minimum atomic E-state index is -0.634. The van der Waals surface area contributed by atoms with E-state index in [1.807, 2.05) is 30.5 Å². The number of likely N-dealkylation sites (tertiary alicyclic amines) is 1. The fourth-order valence-electron chi connectivity index (χ4n) is 4.04. The number of hydrogen-bond acceptors (Lipinski definition) is 3. The number of carbonyl (C=O) groups excluding carboxylic acids is 3. The van der Waals surface area contributed by atoms with Crippen LogP contribution < -0.4 is 5.32 Å². The van der Waals surface area contributed by atoms with E-state index >= 15 is 0 Å². The summed E-state index contributed by atoms with van der Waals surface area (Å²) in [6.07, 6.45) is 4.35. The van der Waals surface area contributed by atoms with Gasteiger partial charge in [-0.25, -0.2) is 4.79 Å². The number of fused-ring (bicyclic) bond motifs is 1. The van der Waals surface area contributed by atoms with Crippen LogP contribution in [-0.4, -0.2) is 58.3 Å². The van der Waals surface area contributed by atoms with Gasteiger partial charge in [-0.2, -0.15) is 0 Å². The third-order valence-electron chi connectivity index (χ3n) is 5.51. The second kappa shape index (κ2) is 7.06. The topological polar surface area (TPSA) is 85.5 Å². The molecule has 1 aromatic heterocycles. The largest absolute Gasteiger partial charge is 0.361 e. The van der Waals surface area contributed by atoms with Crippen LogP contribution in [0.3, 0.4) is 0 Å². The number of urea groups is 1. The molecular weight excluding hydrogens is 344 g/mol. The zero-order valence-electron chi connectivity index (χ0n) is 15.4. The normalized spacial score (nSPS) is 23.1. The van der Waals surface area contributed by atoms with Crippen molar-refractivity contribution in [3.63, 3.8) is 0 Å². The number of hydrogen-bond donors (Lipinski definition) is 2. The third kappa shape index (κ3) is 3.41. The number of H-pyrrole nitrogens is 1. The summed E-state index contributed by atoms with van der Waals surface area (Å²) in [6, 6.07) is 6.73. The standard InChI is InChI=1S/C20H24N4O3/c1-13-5-4-8-23(11-13)18(25)12-24-19(26)17(22-20(24)27)9-14-10-21-16-7-3-2-6-15(14)16/h2-3,6-7,10,13,17,21H,4-5,8-9,11-12H2,1H3,(H,22,27)/t13-,17-/m1/s1. The Labute approximate surface area is 157 Å². The molecule has 2 aliphatic heterocycles. The Balaban J connectivity index is 1.43. The van der Waals surface area contributed by atoms with Crippen LogP contribution in [0, 0.1) is 5.92 Å². The fraction of sp³-hybridized carbons (Fsp3) is 0.450. The third-order valence-corrected chi connectivity index (χ3v) is 5.51. The Bertz CT molecular complexity index is 890. The minimum absolute atomic E-state index is 0.155. The van der Waals surface area contributed by atoms with E-state index in [1.54, 1.807) is 4.90 Å². The first-order valence-corrected chi connectivity index (χ1v) is 9.47. The monoisotopic (exact) mass is 368 g/mol. The van der Waals surface area contributed by atoms with Crippen LogP contribution in [0.25, 0.3) is 10.9 Å². The van der Waals surface area contributed by atoms with Crippen molar-refractivity contribution < 1.29 is 14.4 Å². The molecule has 142 valence electrons. The van der Waals surface area contributed by atoms with Gasteiger partial charge in [0.2, 0.25) is 5.91 Å². The molecule has 0 saturated carbocycles. The van der Waals surface area contributed by atoms with Crippen LogP contribution in [0.5, 0.6) is 0 Å². The van der Waals surface area contributed by atoms with Crippen LogP contribution >= 0.6 is 0 Å². The van der Waals surface area contributed by atoms with E-state index < -0.39 is 12.1 Å². The number of nitrogens with zero attached hydrogens (tertiary/aromatic N) is 2. The van der Waals surface area contributed by atoms with Gasteiger partial charge in [0.1, 0.15) is 12.6 Å². The summed E-state index contributed by atoms with van der Waals surface area (Å²) in [5, 5.41) is 3.76. The van der Waals surface area contributed by atoms with Crippen LogP contribution in [0.4, 0.5) is 4.79 Å².